The fourth-order valence-electron chi connectivity index (χ4n) is 14.7. The highest BCUT2D eigenvalue weighted by molar-refractivity contribution is 5.27. The van der Waals surface area contributed by atoms with E-state index in [-0.39, 0.29) is 5.41 Å². The van der Waals surface area contributed by atoms with E-state index in [4.69, 9.17) is 28.4 Å². The summed E-state index contributed by atoms with van der Waals surface area (Å²) in [5, 5.41) is 99.2. The Balaban J connectivity index is 0.947. The summed E-state index contributed by atoms with van der Waals surface area (Å²) in [6, 6.07) is 1.41. The number of hydrogen-bond donors (Lipinski definition) is 9. The van der Waals surface area contributed by atoms with E-state index in [0.717, 1.165) is 36.6 Å². The van der Waals surface area contributed by atoms with Crippen molar-refractivity contribution in [3.05, 3.63) is 11.6 Å². The van der Waals surface area contributed by atoms with Crippen molar-refractivity contribution in [3.8, 4) is 0 Å². The van der Waals surface area contributed by atoms with E-state index in [9.17, 15) is 46.0 Å². The standard InChI is InChI=1S/C45H73NO15/c1-20-7-10-29-21(2)32-30(46(29)17-20)16-28-26-9-8-24-15-25(11-13-42(24,5)27(26)12-14-43(28,32)6)58-41-37(60-40-36(51)35(50)33(48)23(4)57-40)39(53)45(55,31(18-47)59-41)61-44(54)19-56-22(3)34(49)38(44)52/h8,20-23,25-41,47-55H,7,9-19H2,1-6H3/t20-,21+,22?,23?,25?,26?,27?,28?,29?,30?,31?,32?,33?,34?,35?,36?,37?,38?,39?,40?,41?,42-,43-,44?,45?/m0/s1. The van der Waals surface area contributed by atoms with Gasteiger partial charge in [-0.05, 0) is 118 Å². The molecule has 5 aliphatic heterocycles. The van der Waals surface area contributed by atoms with Gasteiger partial charge >= 0.3 is 0 Å². The molecule has 21 unspecified atom stereocenters. The maximum Gasteiger partial charge on any atom is 0.227 e. The molecular formula is C45H73NO15. The summed E-state index contributed by atoms with van der Waals surface area (Å²) in [4.78, 5) is 2.93. The lowest BCUT2D eigenvalue weighted by atomic mass is 9.47. The fraction of sp³-hybridized carbons (Fsp3) is 0.956. The molecule has 0 aromatic heterocycles. The van der Waals surface area contributed by atoms with E-state index in [1.54, 1.807) is 0 Å². The molecule has 4 aliphatic carbocycles. The SMILES string of the molecule is CC1OC(OC2C(OC3CC[C@@]4(C)C(=CCC5C6CC7C([C@H](C)C8CC[C@H](C)CN78)[C@@]6(C)CCC54)C3)OC(CO)C(O)(OC3(O)COC(C)C(O)C3O)C2O)C(O)C(O)C1O. The van der Waals surface area contributed by atoms with Crippen molar-refractivity contribution < 1.29 is 74.4 Å². The van der Waals surface area contributed by atoms with Gasteiger partial charge in [-0.15, -0.1) is 0 Å². The molecule has 348 valence electrons. The molecule has 0 bridgehead atoms. The molecular weight excluding hydrogens is 794 g/mol. The number of hydrogen-bond acceptors (Lipinski definition) is 16. The van der Waals surface area contributed by atoms with Crippen LogP contribution in [0.4, 0.5) is 0 Å². The van der Waals surface area contributed by atoms with E-state index in [0.29, 0.717) is 42.1 Å². The topological polar surface area (TPSA) is 241 Å². The Morgan fingerprint density at radius 2 is 1.54 bits per heavy atom. The summed E-state index contributed by atoms with van der Waals surface area (Å²) in [5.41, 5.74) is 1.65. The largest absolute Gasteiger partial charge is 0.393 e. The van der Waals surface area contributed by atoms with Crippen molar-refractivity contribution in [2.75, 3.05) is 19.8 Å². The number of ether oxygens (including phenoxy) is 6. The van der Waals surface area contributed by atoms with Gasteiger partial charge in [-0.1, -0.05) is 39.3 Å². The molecule has 5 saturated heterocycles. The zero-order valence-electron chi connectivity index (χ0n) is 36.6. The normalized spacial score (nSPS) is 58.5. The number of aliphatic hydroxyl groups excluding tert-OH is 7. The average Bonchev–Trinajstić information content (AvgIpc) is 3.70. The van der Waals surface area contributed by atoms with E-state index in [2.05, 4.69) is 38.7 Å². The number of allylic oxidation sites excluding steroid dienone is 1. The molecule has 16 heteroatoms. The van der Waals surface area contributed by atoms with Gasteiger partial charge in [0.1, 0.15) is 55.4 Å². The molecule has 16 nitrogen and oxygen atoms in total. The first-order valence-corrected chi connectivity index (χ1v) is 23.3. The van der Waals surface area contributed by atoms with Crippen LogP contribution in [0.5, 0.6) is 0 Å². The van der Waals surface area contributed by atoms with Crippen LogP contribution in [0, 0.1) is 46.3 Å². The Hall–Kier alpha value is -0.900. The zero-order chi connectivity index (χ0) is 43.7. The number of nitrogens with zero attached hydrogens (tertiary/aromatic N) is 1. The molecule has 8 fully saturated rings. The summed E-state index contributed by atoms with van der Waals surface area (Å²) in [5.74, 6) is -1.72. The maximum atomic E-state index is 12.0. The predicted molar refractivity (Wildman–Crippen MR) is 215 cm³/mol. The van der Waals surface area contributed by atoms with Gasteiger partial charge in [-0.2, -0.15) is 0 Å². The number of rotatable bonds is 7. The number of fused-ring (bicyclic) bond motifs is 9. The van der Waals surface area contributed by atoms with Crippen LogP contribution in [0.3, 0.4) is 0 Å². The third kappa shape index (κ3) is 7.07. The minimum Gasteiger partial charge on any atom is -0.393 e. The van der Waals surface area contributed by atoms with Crippen LogP contribution in [0.2, 0.25) is 0 Å². The van der Waals surface area contributed by atoms with E-state index < -0.39 is 105 Å². The molecule has 9 rings (SSSR count). The van der Waals surface area contributed by atoms with Crippen LogP contribution in [0.1, 0.15) is 99.3 Å². The van der Waals surface area contributed by atoms with Gasteiger partial charge in [-0.3, -0.25) is 4.90 Å². The Morgan fingerprint density at radius 1 is 0.787 bits per heavy atom. The Labute approximate surface area is 359 Å². The molecule has 0 aromatic rings. The van der Waals surface area contributed by atoms with Crippen LogP contribution < -0.4 is 0 Å². The molecule has 5 heterocycles. The summed E-state index contributed by atoms with van der Waals surface area (Å²) >= 11 is 0. The summed E-state index contributed by atoms with van der Waals surface area (Å²) < 4.78 is 35.6. The minimum atomic E-state index is -3.02. The first kappa shape index (κ1) is 45.3. The Kier molecular flexibility index (Phi) is 12.0. The first-order valence-electron chi connectivity index (χ1n) is 23.3. The van der Waals surface area contributed by atoms with Crippen LogP contribution in [0.25, 0.3) is 0 Å². The number of piperidine rings is 1. The smallest absolute Gasteiger partial charge is 0.227 e. The predicted octanol–water partition coefficient (Wildman–Crippen LogP) is 0.504. The first-order chi connectivity index (χ1) is 28.8. The average molecular weight is 868 g/mol. The Morgan fingerprint density at radius 3 is 2.28 bits per heavy atom. The van der Waals surface area contributed by atoms with E-state index in [1.807, 2.05) is 0 Å². The van der Waals surface area contributed by atoms with Gasteiger partial charge in [0.25, 0.3) is 0 Å². The molecule has 0 aromatic carbocycles. The van der Waals surface area contributed by atoms with Gasteiger partial charge in [0, 0.05) is 18.6 Å². The molecule has 3 saturated carbocycles. The van der Waals surface area contributed by atoms with Gasteiger partial charge < -0.3 is 74.4 Å². The highest BCUT2D eigenvalue weighted by Gasteiger charge is 2.67. The lowest BCUT2D eigenvalue weighted by Gasteiger charge is -2.59. The third-order valence-electron chi connectivity index (χ3n) is 18.2. The second-order valence-corrected chi connectivity index (χ2v) is 21.5. The summed E-state index contributed by atoms with van der Waals surface area (Å²) in [6.45, 7) is 12.5. The molecule has 0 amide bonds. The van der Waals surface area contributed by atoms with Crippen LogP contribution in [-0.2, 0) is 28.4 Å². The van der Waals surface area contributed by atoms with Crippen LogP contribution in [-0.4, -0.2) is 174 Å². The monoisotopic (exact) mass is 867 g/mol. The third-order valence-corrected chi connectivity index (χ3v) is 18.2. The van der Waals surface area contributed by atoms with Crippen molar-refractivity contribution in [2.45, 2.75) is 203 Å². The zero-order valence-corrected chi connectivity index (χ0v) is 36.6. The molecule has 9 N–H and O–H groups in total. The van der Waals surface area contributed by atoms with Gasteiger partial charge in [0.15, 0.2) is 12.6 Å². The highest BCUT2D eigenvalue weighted by atomic mass is 16.8. The van der Waals surface area contributed by atoms with Crippen LogP contribution >= 0.6 is 0 Å². The van der Waals surface area contributed by atoms with Gasteiger partial charge in [-0.25, -0.2) is 0 Å². The van der Waals surface area contributed by atoms with Gasteiger partial charge in [0.05, 0.1) is 24.9 Å². The quantitative estimate of drug-likeness (QED) is 0.125. The Bertz CT molecular complexity index is 1640. The second kappa shape index (κ2) is 16.2. The molecule has 25 atom stereocenters. The van der Waals surface area contributed by atoms with Gasteiger partial charge in [0.2, 0.25) is 11.6 Å². The molecule has 0 spiro atoms. The lowest BCUT2D eigenvalue weighted by Crippen LogP contribution is -2.74. The second-order valence-electron chi connectivity index (χ2n) is 21.5. The van der Waals surface area contributed by atoms with Crippen molar-refractivity contribution in [1.82, 2.24) is 4.90 Å². The van der Waals surface area contributed by atoms with E-state index >= 15 is 0 Å². The summed E-state index contributed by atoms with van der Waals surface area (Å²) in [7, 11) is 0. The minimum absolute atomic E-state index is 0.0201. The summed E-state index contributed by atoms with van der Waals surface area (Å²) in [6.07, 6.45) is -7.95. The number of aliphatic hydroxyl groups is 9. The fourth-order valence-corrected chi connectivity index (χ4v) is 14.7. The highest BCUT2D eigenvalue weighted by Crippen LogP contribution is 2.70. The van der Waals surface area contributed by atoms with Crippen molar-refractivity contribution >= 4 is 0 Å². The van der Waals surface area contributed by atoms with Crippen molar-refractivity contribution in [1.29, 1.82) is 0 Å². The molecule has 0 radical (unpaired) electrons. The van der Waals surface area contributed by atoms with E-state index in [1.165, 1.54) is 58.1 Å². The lowest BCUT2D eigenvalue weighted by molar-refractivity contribution is -0.473. The van der Waals surface area contributed by atoms with Crippen molar-refractivity contribution in [3.63, 3.8) is 0 Å². The van der Waals surface area contributed by atoms with Crippen molar-refractivity contribution in [2.24, 2.45) is 46.3 Å². The van der Waals surface area contributed by atoms with Crippen LogP contribution in [0.15, 0.2) is 11.6 Å². The maximum absolute atomic E-state index is 12.0. The molecule has 61 heavy (non-hydrogen) atoms. The molecule has 9 aliphatic rings.